The standard InChI is InChI=1S/C22H17ClN2O2S/c1-2-14-6-8-17(9-7-14)24-22-25-21(26)20(28-22)13-18-10-11-19(27-18)15-4-3-5-16(23)12-15/h3-13H,2H2,1H3,(H,24,25,26). The molecule has 0 unspecified atom stereocenters. The predicted octanol–water partition coefficient (Wildman–Crippen LogP) is 6.05. The lowest BCUT2D eigenvalue weighted by Gasteiger charge is -1.98. The van der Waals surface area contributed by atoms with Crippen molar-refractivity contribution in [2.75, 3.05) is 0 Å². The van der Waals surface area contributed by atoms with E-state index >= 15 is 0 Å². The second kappa shape index (κ2) is 8.09. The first-order valence-corrected chi connectivity index (χ1v) is 10.0. The van der Waals surface area contributed by atoms with E-state index in [4.69, 9.17) is 16.0 Å². The summed E-state index contributed by atoms with van der Waals surface area (Å²) in [5, 5.41) is 4.00. The van der Waals surface area contributed by atoms with E-state index in [2.05, 4.69) is 17.2 Å². The average Bonchev–Trinajstić information content (AvgIpc) is 3.29. The number of carbonyl (C=O) groups excluding carboxylic acids is 1. The summed E-state index contributed by atoms with van der Waals surface area (Å²) in [6.45, 7) is 2.11. The topological polar surface area (TPSA) is 54.6 Å². The van der Waals surface area contributed by atoms with Crippen LogP contribution in [-0.2, 0) is 11.2 Å². The molecule has 0 atom stereocenters. The molecule has 0 spiro atoms. The fraction of sp³-hybridized carbons (Fsp3) is 0.0909. The van der Waals surface area contributed by atoms with Crippen LogP contribution in [0.3, 0.4) is 0 Å². The maximum absolute atomic E-state index is 12.3. The first-order valence-electron chi connectivity index (χ1n) is 8.85. The minimum absolute atomic E-state index is 0.186. The quantitative estimate of drug-likeness (QED) is 0.534. The Morgan fingerprint density at radius 1 is 1.14 bits per heavy atom. The highest BCUT2D eigenvalue weighted by molar-refractivity contribution is 8.18. The molecule has 1 aliphatic heterocycles. The van der Waals surface area contributed by atoms with Crippen LogP contribution in [0.1, 0.15) is 18.2 Å². The number of aryl methyl sites for hydroxylation is 1. The van der Waals surface area contributed by atoms with Crippen LogP contribution in [0.25, 0.3) is 17.4 Å². The number of amidine groups is 1. The fourth-order valence-electron chi connectivity index (χ4n) is 2.76. The molecule has 1 aliphatic rings. The third kappa shape index (κ3) is 4.21. The summed E-state index contributed by atoms with van der Waals surface area (Å²) >= 11 is 7.33. The zero-order valence-corrected chi connectivity index (χ0v) is 16.7. The molecule has 2 heterocycles. The smallest absolute Gasteiger partial charge is 0.264 e. The molecule has 2 aromatic carbocycles. The molecule has 3 aromatic rings. The maximum Gasteiger partial charge on any atom is 0.264 e. The second-order valence-electron chi connectivity index (χ2n) is 6.21. The minimum Gasteiger partial charge on any atom is -0.457 e. The second-order valence-corrected chi connectivity index (χ2v) is 7.68. The molecule has 1 saturated heterocycles. The number of hydrogen-bond acceptors (Lipinski definition) is 4. The molecule has 28 heavy (non-hydrogen) atoms. The Morgan fingerprint density at radius 3 is 2.71 bits per heavy atom. The molecule has 140 valence electrons. The molecule has 1 fully saturated rings. The molecular formula is C22H17ClN2O2S. The van der Waals surface area contributed by atoms with E-state index in [0.29, 0.717) is 26.6 Å². The molecule has 1 N–H and O–H groups in total. The number of nitrogens with one attached hydrogen (secondary N) is 1. The minimum atomic E-state index is -0.186. The van der Waals surface area contributed by atoms with Gasteiger partial charge in [0.1, 0.15) is 11.5 Å². The van der Waals surface area contributed by atoms with Gasteiger partial charge in [-0.2, -0.15) is 0 Å². The van der Waals surface area contributed by atoms with Crippen molar-refractivity contribution in [3.63, 3.8) is 0 Å². The Hall–Kier alpha value is -2.76. The summed E-state index contributed by atoms with van der Waals surface area (Å²) in [7, 11) is 0. The van der Waals surface area contributed by atoms with Crippen LogP contribution in [0.5, 0.6) is 0 Å². The Balaban J connectivity index is 1.52. The third-order valence-electron chi connectivity index (χ3n) is 4.24. The molecule has 6 heteroatoms. The number of nitrogens with zero attached hydrogens (tertiary/aromatic N) is 1. The Bertz CT molecular complexity index is 1080. The number of rotatable bonds is 4. The average molecular weight is 409 g/mol. The first kappa shape index (κ1) is 18.6. The van der Waals surface area contributed by atoms with Crippen molar-refractivity contribution >= 4 is 46.2 Å². The first-order chi connectivity index (χ1) is 13.6. The summed E-state index contributed by atoms with van der Waals surface area (Å²) in [5.74, 6) is 1.11. The number of carbonyl (C=O) groups is 1. The third-order valence-corrected chi connectivity index (χ3v) is 5.38. The van der Waals surface area contributed by atoms with Gasteiger partial charge in [-0.3, -0.25) is 4.79 Å². The van der Waals surface area contributed by atoms with Crippen molar-refractivity contribution in [3.05, 3.63) is 81.9 Å². The number of hydrogen-bond donors (Lipinski definition) is 1. The van der Waals surface area contributed by atoms with Crippen LogP contribution >= 0.6 is 23.4 Å². The van der Waals surface area contributed by atoms with Crippen LogP contribution in [0.15, 0.2) is 75.0 Å². The van der Waals surface area contributed by atoms with Crippen LogP contribution in [0, 0.1) is 0 Å². The number of thioether (sulfide) groups is 1. The lowest BCUT2D eigenvalue weighted by molar-refractivity contribution is -0.115. The SMILES string of the molecule is CCc1ccc(N=C2NC(=O)C(=Cc3ccc(-c4cccc(Cl)c4)o3)S2)cc1. The van der Waals surface area contributed by atoms with Crippen molar-refractivity contribution in [3.8, 4) is 11.3 Å². The molecule has 0 radical (unpaired) electrons. The number of aliphatic imine (C=N–C) groups is 1. The highest BCUT2D eigenvalue weighted by atomic mass is 35.5. The van der Waals surface area contributed by atoms with E-state index in [0.717, 1.165) is 17.7 Å². The van der Waals surface area contributed by atoms with Gasteiger partial charge >= 0.3 is 0 Å². The van der Waals surface area contributed by atoms with Gasteiger partial charge in [0.2, 0.25) is 0 Å². The van der Waals surface area contributed by atoms with Gasteiger partial charge in [-0.05, 0) is 60.1 Å². The highest BCUT2D eigenvalue weighted by Crippen LogP contribution is 2.30. The normalized spacial score (nSPS) is 16.7. The summed E-state index contributed by atoms with van der Waals surface area (Å²) < 4.78 is 5.85. The van der Waals surface area contributed by atoms with Crippen LogP contribution in [0.4, 0.5) is 5.69 Å². The van der Waals surface area contributed by atoms with Gasteiger partial charge in [0.15, 0.2) is 5.17 Å². The number of halogens is 1. The van der Waals surface area contributed by atoms with Crippen LogP contribution < -0.4 is 5.32 Å². The van der Waals surface area contributed by atoms with E-state index in [1.807, 2.05) is 60.7 Å². The highest BCUT2D eigenvalue weighted by Gasteiger charge is 2.24. The van der Waals surface area contributed by atoms with Gasteiger partial charge in [-0.25, -0.2) is 4.99 Å². The van der Waals surface area contributed by atoms with Crippen LogP contribution in [0.2, 0.25) is 5.02 Å². The molecule has 4 rings (SSSR count). The largest absolute Gasteiger partial charge is 0.457 e. The summed E-state index contributed by atoms with van der Waals surface area (Å²) in [6, 6.07) is 19.1. The van der Waals surface area contributed by atoms with Crippen molar-refractivity contribution in [2.24, 2.45) is 4.99 Å². The number of benzene rings is 2. The van der Waals surface area contributed by atoms with Crippen molar-refractivity contribution in [1.82, 2.24) is 5.32 Å². The van der Waals surface area contributed by atoms with Gasteiger partial charge < -0.3 is 9.73 Å². The Kier molecular flexibility index (Phi) is 5.37. The Labute approximate surface area is 172 Å². The Morgan fingerprint density at radius 2 is 1.96 bits per heavy atom. The summed E-state index contributed by atoms with van der Waals surface area (Å²) in [5.41, 5.74) is 2.95. The summed E-state index contributed by atoms with van der Waals surface area (Å²) in [6.07, 6.45) is 2.70. The number of amides is 1. The maximum atomic E-state index is 12.3. The predicted molar refractivity (Wildman–Crippen MR) is 116 cm³/mol. The zero-order chi connectivity index (χ0) is 19.5. The fourth-order valence-corrected chi connectivity index (χ4v) is 3.77. The van der Waals surface area contributed by atoms with Crippen molar-refractivity contribution in [1.29, 1.82) is 0 Å². The molecule has 1 aromatic heterocycles. The zero-order valence-electron chi connectivity index (χ0n) is 15.1. The van der Waals surface area contributed by atoms with Gasteiger partial charge in [0.05, 0.1) is 10.6 Å². The molecular weight excluding hydrogens is 392 g/mol. The monoisotopic (exact) mass is 408 g/mol. The van der Waals surface area contributed by atoms with Crippen molar-refractivity contribution in [2.45, 2.75) is 13.3 Å². The molecule has 4 nitrogen and oxygen atoms in total. The molecule has 0 saturated carbocycles. The molecule has 0 aliphatic carbocycles. The number of furan rings is 1. The van der Waals surface area contributed by atoms with Gasteiger partial charge in [-0.15, -0.1) is 0 Å². The van der Waals surface area contributed by atoms with E-state index in [-0.39, 0.29) is 5.91 Å². The van der Waals surface area contributed by atoms with Crippen molar-refractivity contribution < 1.29 is 9.21 Å². The van der Waals surface area contributed by atoms with Gasteiger partial charge in [0, 0.05) is 16.7 Å². The summed E-state index contributed by atoms with van der Waals surface area (Å²) in [4.78, 5) is 17.3. The van der Waals surface area contributed by atoms with Gasteiger partial charge in [0.25, 0.3) is 5.91 Å². The van der Waals surface area contributed by atoms with E-state index in [9.17, 15) is 4.79 Å². The molecule has 1 amide bonds. The van der Waals surface area contributed by atoms with E-state index < -0.39 is 0 Å². The lowest BCUT2D eigenvalue weighted by Crippen LogP contribution is -2.19. The lowest BCUT2D eigenvalue weighted by atomic mass is 10.2. The van der Waals surface area contributed by atoms with E-state index in [1.165, 1.54) is 17.3 Å². The van der Waals surface area contributed by atoms with E-state index in [1.54, 1.807) is 6.08 Å². The van der Waals surface area contributed by atoms with Gasteiger partial charge in [-0.1, -0.05) is 42.8 Å². The molecule has 0 bridgehead atoms. The van der Waals surface area contributed by atoms with Crippen LogP contribution in [-0.4, -0.2) is 11.1 Å².